The Morgan fingerprint density at radius 3 is 2.78 bits per heavy atom. The molecular weight excluding hydrogens is 392 g/mol. The minimum Gasteiger partial charge on any atom is -0.492 e. The Hall–Kier alpha value is -1.86. The molecule has 2 aromatic carbocycles. The molecule has 0 aliphatic carbocycles. The maximum Gasteiger partial charge on any atom is 0.226 e. The predicted octanol–water partition coefficient (Wildman–Crippen LogP) is 3.61. The Bertz CT molecular complexity index is 835. The van der Waals surface area contributed by atoms with Crippen molar-refractivity contribution in [3.63, 3.8) is 0 Å². The number of benzene rings is 2. The Balaban J connectivity index is 1.67. The lowest BCUT2D eigenvalue weighted by atomic mass is 9.94. The maximum absolute atomic E-state index is 13.2. The fourth-order valence-electron chi connectivity index (χ4n) is 3.01. The molecule has 5 nitrogen and oxygen atoms in total. The van der Waals surface area contributed by atoms with Crippen LogP contribution in [0.1, 0.15) is 24.1 Å². The van der Waals surface area contributed by atoms with Crippen LogP contribution in [0.4, 0.5) is 4.39 Å². The molecule has 3 N–H and O–H groups in total. The summed E-state index contributed by atoms with van der Waals surface area (Å²) in [5.74, 6) is -0.315. The lowest BCUT2D eigenvalue weighted by Gasteiger charge is -2.19. The smallest absolute Gasteiger partial charge is 0.226 e. The van der Waals surface area contributed by atoms with E-state index in [0.29, 0.717) is 23.9 Å². The van der Waals surface area contributed by atoms with Crippen LogP contribution >= 0.6 is 23.2 Å². The van der Waals surface area contributed by atoms with Crippen LogP contribution in [0.2, 0.25) is 10.0 Å². The van der Waals surface area contributed by atoms with Crippen molar-refractivity contribution in [1.82, 2.24) is 16.2 Å². The van der Waals surface area contributed by atoms with E-state index in [9.17, 15) is 9.18 Å². The van der Waals surface area contributed by atoms with Crippen LogP contribution in [-0.2, 0) is 11.3 Å². The minimum atomic E-state index is -0.483. The van der Waals surface area contributed by atoms with Gasteiger partial charge in [-0.25, -0.2) is 9.82 Å². The zero-order valence-corrected chi connectivity index (χ0v) is 16.2. The lowest BCUT2D eigenvalue weighted by molar-refractivity contribution is -0.125. The summed E-state index contributed by atoms with van der Waals surface area (Å²) in [6.07, 6.45) is 0. The molecule has 1 aliphatic heterocycles. The second kappa shape index (κ2) is 8.89. The van der Waals surface area contributed by atoms with E-state index in [1.54, 1.807) is 18.2 Å². The number of rotatable bonds is 6. The fraction of sp³-hybridized carbons (Fsp3) is 0.316. The molecule has 0 aromatic heterocycles. The molecule has 3 rings (SSSR count). The first-order valence-corrected chi connectivity index (χ1v) is 9.37. The van der Waals surface area contributed by atoms with Crippen molar-refractivity contribution in [2.45, 2.75) is 19.5 Å². The fourth-order valence-corrected chi connectivity index (χ4v) is 3.46. The molecule has 1 aliphatic rings. The van der Waals surface area contributed by atoms with E-state index in [2.05, 4.69) is 16.2 Å². The van der Waals surface area contributed by atoms with Gasteiger partial charge >= 0.3 is 0 Å². The van der Waals surface area contributed by atoms with Gasteiger partial charge in [0.15, 0.2) is 0 Å². The molecule has 2 atom stereocenters. The van der Waals surface area contributed by atoms with Crippen molar-refractivity contribution in [2.24, 2.45) is 5.92 Å². The van der Waals surface area contributed by atoms with Crippen LogP contribution < -0.4 is 20.9 Å². The highest BCUT2D eigenvalue weighted by Gasteiger charge is 2.34. The first-order chi connectivity index (χ1) is 13.0. The summed E-state index contributed by atoms with van der Waals surface area (Å²) in [6, 6.07) is 9.65. The normalized spacial score (nSPS) is 19.1. The van der Waals surface area contributed by atoms with E-state index in [4.69, 9.17) is 27.9 Å². The number of hydrazine groups is 1. The van der Waals surface area contributed by atoms with Crippen LogP contribution in [0.3, 0.4) is 0 Å². The first-order valence-electron chi connectivity index (χ1n) is 8.62. The van der Waals surface area contributed by atoms with E-state index >= 15 is 0 Å². The van der Waals surface area contributed by atoms with Gasteiger partial charge in [-0.3, -0.25) is 10.2 Å². The summed E-state index contributed by atoms with van der Waals surface area (Å²) < 4.78 is 18.7. The molecule has 27 heavy (non-hydrogen) atoms. The second-order valence-electron chi connectivity index (χ2n) is 6.20. The molecule has 1 fully saturated rings. The summed E-state index contributed by atoms with van der Waals surface area (Å²) in [6.45, 7) is 3.17. The summed E-state index contributed by atoms with van der Waals surface area (Å²) in [5, 5.41) is 3.41. The van der Waals surface area contributed by atoms with E-state index in [1.807, 2.05) is 13.0 Å². The average molecular weight is 412 g/mol. The average Bonchev–Trinajstić information content (AvgIpc) is 3.14. The Labute approximate surface area is 167 Å². The highest BCUT2D eigenvalue weighted by atomic mass is 35.5. The third kappa shape index (κ3) is 4.71. The molecule has 1 saturated heterocycles. The van der Waals surface area contributed by atoms with Gasteiger partial charge in [0.25, 0.3) is 0 Å². The molecule has 0 saturated carbocycles. The minimum absolute atomic E-state index is 0.0351. The Morgan fingerprint density at radius 1 is 1.26 bits per heavy atom. The van der Waals surface area contributed by atoms with Crippen LogP contribution in [0.5, 0.6) is 5.75 Å². The van der Waals surface area contributed by atoms with Gasteiger partial charge in [-0.05, 0) is 42.3 Å². The topological polar surface area (TPSA) is 62.4 Å². The third-order valence-electron chi connectivity index (χ3n) is 4.38. The molecule has 144 valence electrons. The van der Waals surface area contributed by atoms with Crippen molar-refractivity contribution >= 4 is 29.1 Å². The van der Waals surface area contributed by atoms with Gasteiger partial charge < -0.3 is 10.1 Å². The Morgan fingerprint density at radius 2 is 2.07 bits per heavy atom. The van der Waals surface area contributed by atoms with Crippen molar-refractivity contribution in [2.75, 3.05) is 13.2 Å². The van der Waals surface area contributed by atoms with Gasteiger partial charge in [-0.15, -0.1) is 0 Å². The monoisotopic (exact) mass is 411 g/mol. The summed E-state index contributed by atoms with van der Waals surface area (Å²) in [4.78, 5) is 12.7. The summed E-state index contributed by atoms with van der Waals surface area (Å²) in [5.41, 5.74) is 7.75. The van der Waals surface area contributed by atoms with Crippen molar-refractivity contribution in [3.05, 3.63) is 63.4 Å². The highest BCUT2D eigenvalue weighted by molar-refractivity contribution is 6.32. The van der Waals surface area contributed by atoms with Gasteiger partial charge in [-0.2, -0.15) is 0 Å². The number of carbonyl (C=O) groups excluding carboxylic acids is 1. The molecule has 0 bridgehead atoms. The van der Waals surface area contributed by atoms with Crippen LogP contribution in [0, 0.1) is 11.7 Å². The maximum atomic E-state index is 13.2. The van der Waals surface area contributed by atoms with Crippen LogP contribution in [0.25, 0.3) is 0 Å². The lowest BCUT2D eigenvalue weighted by Crippen LogP contribution is -2.34. The van der Waals surface area contributed by atoms with E-state index in [1.165, 1.54) is 12.1 Å². The van der Waals surface area contributed by atoms with E-state index in [-0.39, 0.29) is 29.4 Å². The van der Waals surface area contributed by atoms with Gasteiger partial charge in [0.05, 0.1) is 28.6 Å². The molecule has 2 unspecified atom stereocenters. The SMILES string of the molecule is CCOc1ccc(C2NNCC2C(=O)NCc2ccc(F)c(Cl)c2)cc1Cl. The molecule has 1 amide bonds. The van der Waals surface area contributed by atoms with Gasteiger partial charge in [0.2, 0.25) is 5.91 Å². The van der Waals surface area contributed by atoms with E-state index < -0.39 is 5.82 Å². The number of nitrogens with one attached hydrogen (secondary N) is 3. The number of ether oxygens (including phenoxy) is 1. The van der Waals surface area contributed by atoms with Crippen molar-refractivity contribution in [3.8, 4) is 5.75 Å². The number of halogens is 3. The largest absolute Gasteiger partial charge is 0.492 e. The number of amides is 1. The number of hydrogen-bond donors (Lipinski definition) is 3. The van der Waals surface area contributed by atoms with Crippen molar-refractivity contribution in [1.29, 1.82) is 0 Å². The van der Waals surface area contributed by atoms with Gasteiger partial charge in [0.1, 0.15) is 11.6 Å². The molecule has 0 spiro atoms. The molecule has 1 heterocycles. The predicted molar refractivity (Wildman–Crippen MR) is 103 cm³/mol. The van der Waals surface area contributed by atoms with Crippen LogP contribution in [0.15, 0.2) is 36.4 Å². The molecule has 2 aromatic rings. The first kappa shape index (κ1) is 19.9. The second-order valence-corrected chi connectivity index (χ2v) is 7.01. The quantitative estimate of drug-likeness (QED) is 0.679. The zero-order chi connectivity index (χ0) is 19.4. The highest BCUT2D eigenvalue weighted by Crippen LogP contribution is 2.32. The van der Waals surface area contributed by atoms with E-state index in [0.717, 1.165) is 11.1 Å². The molecule has 0 radical (unpaired) electrons. The molecular formula is C19H20Cl2FN3O2. The van der Waals surface area contributed by atoms with Crippen molar-refractivity contribution < 1.29 is 13.9 Å². The Kier molecular flexibility index (Phi) is 6.55. The number of hydrogen-bond acceptors (Lipinski definition) is 4. The molecule has 8 heteroatoms. The summed E-state index contributed by atoms with van der Waals surface area (Å²) >= 11 is 12.0. The zero-order valence-electron chi connectivity index (χ0n) is 14.7. The van der Waals surface area contributed by atoms with Gasteiger partial charge in [-0.1, -0.05) is 35.3 Å². The number of carbonyl (C=O) groups is 1. The summed E-state index contributed by atoms with van der Waals surface area (Å²) in [7, 11) is 0. The standard InChI is InChI=1S/C19H20Cl2FN3O2/c1-2-27-17-6-4-12(8-15(17)21)18-13(10-24-25-18)19(26)23-9-11-3-5-16(22)14(20)7-11/h3-8,13,18,24-25H,2,9-10H2,1H3,(H,23,26). The van der Waals surface area contributed by atoms with Crippen LogP contribution in [-0.4, -0.2) is 19.1 Å². The third-order valence-corrected chi connectivity index (χ3v) is 4.97. The van der Waals surface area contributed by atoms with Gasteiger partial charge in [0, 0.05) is 13.1 Å².